The van der Waals surface area contributed by atoms with Crippen LogP contribution in [0.4, 0.5) is 0 Å². The summed E-state index contributed by atoms with van der Waals surface area (Å²) in [6, 6.07) is 4.00. The number of hydrogen-bond acceptors (Lipinski definition) is 5. The molecule has 1 atom stereocenters. The van der Waals surface area contributed by atoms with Crippen LogP contribution in [0.1, 0.15) is 25.0 Å². The van der Waals surface area contributed by atoms with Crippen molar-refractivity contribution in [1.82, 2.24) is 5.32 Å². The van der Waals surface area contributed by atoms with Gasteiger partial charge in [-0.05, 0) is 44.4 Å². The van der Waals surface area contributed by atoms with Gasteiger partial charge in [0.25, 0.3) is 5.91 Å². The van der Waals surface area contributed by atoms with E-state index in [4.69, 9.17) is 15.2 Å². The van der Waals surface area contributed by atoms with Crippen molar-refractivity contribution in [3.05, 3.63) is 23.3 Å². The van der Waals surface area contributed by atoms with Crippen LogP contribution in [0.3, 0.4) is 0 Å². The molecule has 124 valence electrons. The number of carbonyl (C=O) groups excluding carboxylic acids is 1. The van der Waals surface area contributed by atoms with Crippen molar-refractivity contribution in [1.29, 1.82) is 0 Å². The van der Waals surface area contributed by atoms with Crippen LogP contribution in [0.2, 0.25) is 0 Å². The lowest BCUT2D eigenvalue weighted by atomic mass is 10.0. The molecule has 0 fully saturated rings. The average molecular weight is 326 g/mol. The molecule has 5 nitrogen and oxygen atoms in total. The lowest BCUT2D eigenvalue weighted by Crippen LogP contribution is -2.30. The Morgan fingerprint density at radius 3 is 2.73 bits per heavy atom. The highest BCUT2D eigenvalue weighted by Crippen LogP contribution is 2.33. The van der Waals surface area contributed by atoms with Crippen molar-refractivity contribution < 1.29 is 14.3 Å². The number of benzene rings is 1. The number of thiol groups is 1. The van der Waals surface area contributed by atoms with Crippen LogP contribution >= 0.6 is 12.6 Å². The Balaban J connectivity index is 2.87. The second-order valence-electron chi connectivity index (χ2n) is 5.22. The highest BCUT2D eigenvalue weighted by molar-refractivity contribution is 7.80. The minimum Gasteiger partial charge on any atom is -0.490 e. The molecule has 0 spiro atoms. The van der Waals surface area contributed by atoms with Gasteiger partial charge in [0, 0.05) is 18.3 Å². The number of amides is 1. The number of carbonyl (C=O) groups is 1. The number of hydrogen-bond donors (Lipinski definition) is 3. The Morgan fingerprint density at radius 2 is 2.14 bits per heavy atom. The number of nitrogens with one attached hydrogen (secondary N) is 1. The van der Waals surface area contributed by atoms with Crippen molar-refractivity contribution in [3.8, 4) is 11.5 Å². The maximum atomic E-state index is 11.7. The first-order valence-electron chi connectivity index (χ1n) is 7.50. The summed E-state index contributed by atoms with van der Waals surface area (Å²) in [7, 11) is 0. The van der Waals surface area contributed by atoms with Gasteiger partial charge < -0.3 is 20.5 Å². The van der Waals surface area contributed by atoms with Crippen molar-refractivity contribution in [2.45, 2.75) is 33.2 Å². The van der Waals surface area contributed by atoms with Gasteiger partial charge in [0.05, 0.1) is 6.61 Å². The fraction of sp³-hybridized carbons (Fsp3) is 0.562. The molecule has 0 aliphatic heterocycles. The van der Waals surface area contributed by atoms with E-state index in [-0.39, 0.29) is 18.6 Å². The van der Waals surface area contributed by atoms with E-state index in [2.05, 4.69) is 17.9 Å². The third-order valence-corrected chi connectivity index (χ3v) is 3.16. The molecule has 0 radical (unpaired) electrons. The van der Waals surface area contributed by atoms with E-state index >= 15 is 0 Å². The van der Waals surface area contributed by atoms with E-state index in [0.29, 0.717) is 30.4 Å². The minimum atomic E-state index is -0.174. The topological polar surface area (TPSA) is 73.6 Å². The summed E-state index contributed by atoms with van der Waals surface area (Å²) in [5.74, 6) is 1.68. The zero-order valence-electron chi connectivity index (χ0n) is 13.5. The van der Waals surface area contributed by atoms with E-state index in [1.807, 2.05) is 32.9 Å². The van der Waals surface area contributed by atoms with Gasteiger partial charge in [0.2, 0.25) is 0 Å². The summed E-state index contributed by atoms with van der Waals surface area (Å²) in [6.07, 6.45) is 0.745. The van der Waals surface area contributed by atoms with Crippen LogP contribution in [-0.4, -0.2) is 37.5 Å². The molecule has 1 rings (SSSR count). The predicted octanol–water partition coefficient (Wildman–Crippen LogP) is 1.71. The van der Waals surface area contributed by atoms with Gasteiger partial charge in [-0.25, -0.2) is 0 Å². The van der Waals surface area contributed by atoms with Crippen molar-refractivity contribution in [3.63, 3.8) is 0 Å². The van der Waals surface area contributed by atoms with Crippen molar-refractivity contribution >= 4 is 18.5 Å². The summed E-state index contributed by atoms with van der Waals surface area (Å²) < 4.78 is 11.3. The minimum absolute atomic E-state index is 0.0467. The Bertz CT molecular complexity index is 493. The van der Waals surface area contributed by atoms with Crippen molar-refractivity contribution in [2.24, 2.45) is 5.73 Å². The standard InChI is InChI=1S/C16H26N2O3S/c1-4-20-16-11(2)7-13(8-12(3)17)9-14(16)21-10-15(19)18-5-6-22/h7,9,12,22H,4-6,8,10,17H2,1-3H3,(H,18,19). The molecule has 0 aliphatic carbocycles. The summed E-state index contributed by atoms with van der Waals surface area (Å²) in [5.41, 5.74) is 7.90. The number of aryl methyl sites for hydroxylation is 1. The molecule has 6 heteroatoms. The Kier molecular flexibility index (Phi) is 8.12. The van der Waals surface area contributed by atoms with Gasteiger partial charge in [-0.15, -0.1) is 0 Å². The Labute approximate surface area is 138 Å². The number of rotatable bonds is 9. The van der Waals surface area contributed by atoms with E-state index in [1.54, 1.807) is 0 Å². The predicted molar refractivity (Wildman–Crippen MR) is 92.1 cm³/mol. The largest absolute Gasteiger partial charge is 0.490 e. The van der Waals surface area contributed by atoms with Gasteiger partial charge >= 0.3 is 0 Å². The van der Waals surface area contributed by atoms with E-state index in [0.717, 1.165) is 17.5 Å². The SMILES string of the molecule is CCOc1c(C)cc(CC(C)N)cc1OCC(=O)NCCS. The Morgan fingerprint density at radius 1 is 1.41 bits per heavy atom. The van der Waals surface area contributed by atoms with Gasteiger partial charge in [-0.2, -0.15) is 12.6 Å². The van der Waals surface area contributed by atoms with Crippen LogP contribution in [-0.2, 0) is 11.2 Å². The highest BCUT2D eigenvalue weighted by atomic mass is 32.1. The highest BCUT2D eigenvalue weighted by Gasteiger charge is 2.13. The second-order valence-corrected chi connectivity index (χ2v) is 5.66. The molecule has 0 aliphatic rings. The number of nitrogens with two attached hydrogens (primary N) is 1. The zero-order valence-corrected chi connectivity index (χ0v) is 14.4. The van der Waals surface area contributed by atoms with Gasteiger partial charge in [0.1, 0.15) is 0 Å². The lowest BCUT2D eigenvalue weighted by molar-refractivity contribution is -0.122. The molecule has 3 N–H and O–H groups in total. The fourth-order valence-electron chi connectivity index (χ4n) is 2.13. The van der Waals surface area contributed by atoms with Crippen LogP contribution in [0.15, 0.2) is 12.1 Å². The first-order chi connectivity index (χ1) is 10.5. The number of ether oxygens (including phenoxy) is 2. The second kappa shape index (κ2) is 9.58. The third-order valence-electron chi connectivity index (χ3n) is 2.94. The van der Waals surface area contributed by atoms with Crippen LogP contribution < -0.4 is 20.5 Å². The maximum Gasteiger partial charge on any atom is 0.257 e. The van der Waals surface area contributed by atoms with E-state index in [1.165, 1.54) is 0 Å². The summed E-state index contributed by atoms with van der Waals surface area (Å²) in [4.78, 5) is 11.7. The van der Waals surface area contributed by atoms with Crippen LogP contribution in [0.25, 0.3) is 0 Å². The summed E-state index contributed by atoms with van der Waals surface area (Å²) in [5, 5.41) is 2.71. The molecular weight excluding hydrogens is 300 g/mol. The molecule has 0 saturated heterocycles. The molecule has 1 aromatic carbocycles. The first-order valence-corrected chi connectivity index (χ1v) is 8.13. The maximum absolute atomic E-state index is 11.7. The normalized spacial score (nSPS) is 11.9. The van der Waals surface area contributed by atoms with Crippen LogP contribution in [0, 0.1) is 6.92 Å². The fourth-order valence-corrected chi connectivity index (χ4v) is 2.24. The first kappa shape index (κ1) is 18.6. The summed E-state index contributed by atoms with van der Waals surface area (Å²) >= 11 is 4.05. The quantitative estimate of drug-likeness (QED) is 0.604. The monoisotopic (exact) mass is 326 g/mol. The molecule has 1 aromatic rings. The van der Waals surface area contributed by atoms with E-state index < -0.39 is 0 Å². The molecule has 0 heterocycles. The molecule has 0 aromatic heterocycles. The summed E-state index contributed by atoms with van der Waals surface area (Å²) in [6.45, 7) is 6.84. The van der Waals surface area contributed by atoms with Gasteiger partial charge in [-0.1, -0.05) is 6.07 Å². The third kappa shape index (κ3) is 6.15. The van der Waals surface area contributed by atoms with Gasteiger partial charge in [-0.3, -0.25) is 4.79 Å². The average Bonchev–Trinajstić information content (AvgIpc) is 2.45. The zero-order chi connectivity index (χ0) is 16.5. The molecule has 22 heavy (non-hydrogen) atoms. The lowest BCUT2D eigenvalue weighted by Gasteiger charge is -2.16. The molecular formula is C16H26N2O3S. The molecule has 0 bridgehead atoms. The molecule has 1 unspecified atom stereocenters. The Hall–Kier alpha value is -1.40. The molecule has 1 amide bonds. The van der Waals surface area contributed by atoms with Crippen molar-refractivity contribution in [2.75, 3.05) is 25.5 Å². The van der Waals surface area contributed by atoms with E-state index in [9.17, 15) is 4.79 Å². The van der Waals surface area contributed by atoms with Gasteiger partial charge in [0.15, 0.2) is 18.1 Å². The smallest absolute Gasteiger partial charge is 0.257 e. The van der Waals surface area contributed by atoms with Crippen LogP contribution in [0.5, 0.6) is 11.5 Å². The molecule has 0 saturated carbocycles.